The lowest BCUT2D eigenvalue weighted by atomic mass is 9.97. The Balaban J connectivity index is 2.78. The minimum absolute atomic E-state index is 0.186. The summed E-state index contributed by atoms with van der Waals surface area (Å²) in [4.78, 5) is 0. The van der Waals surface area contributed by atoms with Crippen LogP contribution in [0.4, 0.5) is 8.78 Å². The van der Waals surface area contributed by atoms with E-state index in [1.807, 2.05) is 6.92 Å². The van der Waals surface area contributed by atoms with Gasteiger partial charge in [0.25, 0.3) is 6.43 Å². The molecule has 0 saturated carbocycles. The predicted molar refractivity (Wildman–Crippen MR) is 57.8 cm³/mol. The summed E-state index contributed by atoms with van der Waals surface area (Å²) in [6, 6.07) is 6.08. The average molecular weight is 230 g/mol. The number of ether oxygens (including phenoxy) is 1. The Bertz CT molecular complexity index is 320. The van der Waals surface area contributed by atoms with Crippen molar-refractivity contribution in [2.75, 3.05) is 6.61 Å². The lowest BCUT2D eigenvalue weighted by molar-refractivity contribution is -0.0883. The highest BCUT2D eigenvalue weighted by atomic mass is 19.3. The molecule has 1 unspecified atom stereocenters. The zero-order valence-electron chi connectivity index (χ0n) is 9.41. The Labute approximate surface area is 93.9 Å². The summed E-state index contributed by atoms with van der Waals surface area (Å²) in [5, 5.41) is 9.54. The molecule has 0 radical (unpaired) electrons. The molecular formula is C12H16F2O2. The molecule has 1 aromatic rings. The van der Waals surface area contributed by atoms with Crippen LogP contribution in [0.3, 0.4) is 0 Å². The van der Waals surface area contributed by atoms with Gasteiger partial charge in [-0.3, -0.25) is 0 Å². The average Bonchev–Trinajstić information content (AvgIpc) is 2.26. The molecule has 0 amide bonds. The maximum atomic E-state index is 12.5. The van der Waals surface area contributed by atoms with Gasteiger partial charge in [0, 0.05) is 0 Å². The largest absolute Gasteiger partial charge is 0.494 e. The van der Waals surface area contributed by atoms with Gasteiger partial charge < -0.3 is 9.84 Å². The van der Waals surface area contributed by atoms with Crippen LogP contribution in [-0.4, -0.2) is 18.1 Å². The third kappa shape index (κ3) is 2.92. The van der Waals surface area contributed by atoms with E-state index in [9.17, 15) is 13.9 Å². The van der Waals surface area contributed by atoms with Crippen LogP contribution < -0.4 is 4.74 Å². The SMILES string of the molecule is CCCOc1ccc(C(C)(O)C(F)F)cc1. The standard InChI is InChI=1S/C12H16F2O2/c1-3-8-16-10-6-4-9(5-7-10)12(2,15)11(13)14/h4-7,11,15H,3,8H2,1-2H3. The Kier molecular flexibility index (Phi) is 4.24. The molecule has 1 rings (SSSR count). The summed E-state index contributed by atoms with van der Waals surface area (Å²) in [5.74, 6) is 0.621. The minimum atomic E-state index is -2.81. The van der Waals surface area contributed by atoms with Crippen LogP contribution in [0.5, 0.6) is 5.75 Å². The van der Waals surface area contributed by atoms with Crippen molar-refractivity contribution >= 4 is 0 Å². The van der Waals surface area contributed by atoms with E-state index < -0.39 is 12.0 Å². The van der Waals surface area contributed by atoms with E-state index in [0.29, 0.717) is 12.4 Å². The summed E-state index contributed by atoms with van der Waals surface area (Å²) < 4.78 is 30.4. The van der Waals surface area contributed by atoms with E-state index in [2.05, 4.69) is 0 Å². The minimum Gasteiger partial charge on any atom is -0.494 e. The van der Waals surface area contributed by atoms with Gasteiger partial charge >= 0.3 is 0 Å². The summed E-state index contributed by atoms with van der Waals surface area (Å²) in [6.07, 6.45) is -1.92. The predicted octanol–water partition coefficient (Wildman–Crippen LogP) is 2.95. The zero-order chi connectivity index (χ0) is 12.2. The molecule has 0 aromatic heterocycles. The fourth-order valence-corrected chi connectivity index (χ4v) is 1.23. The molecule has 4 heteroatoms. The molecule has 16 heavy (non-hydrogen) atoms. The van der Waals surface area contributed by atoms with Crippen molar-refractivity contribution in [2.24, 2.45) is 0 Å². The molecule has 1 atom stereocenters. The fourth-order valence-electron chi connectivity index (χ4n) is 1.23. The van der Waals surface area contributed by atoms with Crippen LogP contribution in [0.15, 0.2) is 24.3 Å². The molecule has 0 saturated heterocycles. The van der Waals surface area contributed by atoms with Gasteiger partial charge in [-0.1, -0.05) is 19.1 Å². The maximum Gasteiger partial charge on any atom is 0.270 e. The van der Waals surface area contributed by atoms with Gasteiger partial charge in [0.1, 0.15) is 11.4 Å². The molecule has 0 bridgehead atoms. The number of rotatable bonds is 5. The number of aliphatic hydroxyl groups is 1. The summed E-state index contributed by atoms with van der Waals surface area (Å²) >= 11 is 0. The number of benzene rings is 1. The van der Waals surface area contributed by atoms with Crippen LogP contribution in [-0.2, 0) is 5.60 Å². The van der Waals surface area contributed by atoms with Crippen molar-refractivity contribution in [3.05, 3.63) is 29.8 Å². The molecule has 1 N–H and O–H groups in total. The molecular weight excluding hydrogens is 214 g/mol. The van der Waals surface area contributed by atoms with Crippen molar-refractivity contribution in [3.63, 3.8) is 0 Å². The van der Waals surface area contributed by atoms with E-state index in [0.717, 1.165) is 13.3 Å². The topological polar surface area (TPSA) is 29.5 Å². The maximum absolute atomic E-state index is 12.5. The smallest absolute Gasteiger partial charge is 0.270 e. The molecule has 0 aliphatic carbocycles. The van der Waals surface area contributed by atoms with Crippen molar-refractivity contribution in [2.45, 2.75) is 32.3 Å². The second-order valence-electron chi connectivity index (χ2n) is 3.82. The summed E-state index contributed by atoms with van der Waals surface area (Å²) in [5.41, 5.74) is -1.92. The van der Waals surface area contributed by atoms with Gasteiger partial charge in [-0.15, -0.1) is 0 Å². The van der Waals surface area contributed by atoms with Crippen LogP contribution in [0.1, 0.15) is 25.8 Å². The molecule has 90 valence electrons. The van der Waals surface area contributed by atoms with Crippen LogP contribution in [0.2, 0.25) is 0 Å². The van der Waals surface area contributed by atoms with E-state index in [4.69, 9.17) is 4.74 Å². The van der Waals surface area contributed by atoms with Gasteiger partial charge in [-0.05, 0) is 31.0 Å². The van der Waals surface area contributed by atoms with E-state index in [1.54, 1.807) is 12.1 Å². The first-order chi connectivity index (χ1) is 7.48. The molecule has 0 aliphatic rings. The zero-order valence-corrected chi connectivity index (χ0v) is 9.41. The van der Waals surface area contributed by atoms with Gasteiger partial charge in [0.05, 0.1) is 6.61 Å². The second-order valence-corrected chi connectivity index (χ2v) is 3.82. The molecule has 0 heterocycles. The van der Waals surface area contributed by atoms with Crippen LogP contribution >= 0.6 is 0 Å². The number of hydrogen-bond acceptors (Lipinski definition) is 2. The van der Waals surface area contributed by atoms with Gasteiger partial charge in [0.2, 0.25) is 0 Å². The second kappa shape index (κ2) is 5.25. The molecule has 0 spiro atoms. The Morgan fingerprint density at radius 3 is 2.31 bits per heavy atom. The first-order valence-electron chi connectivity index (χ1n) is 5.22. The Morgan fingerprint density at radius 1 is 1.31 bits per heavy atom. The number of hydrogen-bond donors (Lipinski definition) is 1. The van der Waals surface area contributed by atoms with Gasteiger partial charge in [-0.25, -0.2) is 8.78 Å². The summed E-state index contributed by atoms with van der Waals surface area (Å²) in [6.45, 7) is 3.67. The van der Waals surface area contributed by atoms with Gasteiger partial charge in [0.15, 0.2) is 0 Å². The normalized spacial score (nSPS) is 14.9. The van der Waals surface area contributed by atoms with Crippen LogP contribution in [0, 0.1) is 0 Å². The third-order valence-electron chi connectivity index (χ3n) is 2.34. The highest BCUT2D eigenvalue weighted by molar-refractivity contribution is 5.30. The highest BCUT2D eigenvalue weighted by Gasteiger charge is 2.33. The first-order valence-corrected chi connectivity index (χ1v) is 5.22. The molecule has 0 fully saturated rings. The van der Waals surface area contributed by atoms with E-state index in [-0.39, 0.29) is 5.56 Å². The third-order valence-corrected chi connectivity index (χ3v) is 2.34. The summed E-state index contributed by atoms with van der Waals surface area (Å²) in [7, 11) is 0. The lowest BCUT2D eigenvalue weighted by Crippen LogP contribution is -2.30. The molecule has 2 nitrogen and oxygen atoms in total. The highest BCUT2D eigenvalue weighted by Crippen LogP contribution is 2.28. The number of alkyl halides is 2. The van der Waals surface area contributed by atoms with Crippen LogP contribution in [0.25, 0.3) is 0 Å². The van der Waals surface area contributed by atoms with Crippen molar-refractivity contribution in [1.29, 1.82) is 0 Å². The molecule has 1 aromatic carbocycles. The fraction of sp³-hybridized carbons (Fsp3) is 0.500. The van der Waals surface area contributed by atoms with E-state index >= 15 is 0 Å². The van der Waals surface area contributed by atoms with Gasteiger partial charge in [-0.2, -0.15) is 0 Å². The van der Waals surface area contributed by atoms with Crippen molar-refractivity contribution < 1.29 is 18.6 Å². The lowest BCUT2D eigenvalue weighted by Gasteiger charge is -2.22. The Hall–Kier alpha value is -1.16. The quantitative estimate of drug-likeness (QED) is 0.842. The number of halogens is 2. The Morgan fingerprint density at radius 2 is 1.88 bits per heavy atom. The van der Waals surface area contributed by atoms with Crippen molar-refractivity contribution in [3.8, 4) is 5.75 Å². The van der Waals surface area contributed by atoms with E-state index in [1.165, 1.54) is 12.1 Å². The monoisotopic (exact) mass is 230 g/mol. The molecule has 0 aliphatic heterocycles. The first kappa shape index (κ1) is 12.9. The van der Waals surface area contributed by atoms with Crippen molar-refractivity contribution in [1.82, 2.24) is 0 Å².